The molecule has 1 aromatic carbocycles. The molecule has 0 bridgehead atoms. The third kappa shape index (κ3) is 3.81. The van der Waals surface area contributed by atoms with E-state index in [0.717, 1.165) is 0 Å². The van der Waals surface area contributed by atoms with Crippen molar-refractivity contribution in [3.8, 4) is 0 Å². The summed E-state index contributed by atoms with van der Waals surface area (Å²) >= 11 is 20.5. The van der Waals surface area contributed by atoms with Crippen LogP contribution in [-0.2, 0) is 0 Å². The van der Waals surface area contributed by atoms with Crippen molar-refractivity contribution in [2.24, 2.45) is 5.10 Å². The van der Waals surface area contributed by atoms with Gasteiger partial charge in [-0.05, 0) is 28.1 Å². The Bertz CT molecular complexity index is 374. The van der Waals surface area contributed by atoms with Gasteiger partial charge in [0.05, 0.1) is 22.3 Å². The minimum atomic E-state index is -0.212. The van der Waals surface area contributed by atoms with Crippen molar-refractivity contribution in [1.82, 2.24) is 0 Å². The maximum Gasteiger partial charge on any atom is 0.129 e. The van der Waals surface area contributed by atoms with Gasteiger partial charge in [0.1, 0.15) is 4.62 Å². The molecule has 0 fully saturated rings. The molecule has 0 aromatic heterocycles. The number of hydrazone groups is 1. The van der Waals surface area contributed by atoms with Crippen molar-refractivity contribution in [2.75, 3.05) is 12.0 Å². The summed E-state index contributed by atoms with van der Waals surface area (Å²) in [5.41, 5.74) is 3.06. The van der Waals surface area contributed by atoms with Crippen LogP contribution < -0.4 is 5.43 Å². The van der Waals surface area contributed by atoms with E-state index < -0.39 is 0 Å². The van der Waals surface area contributed by atoms with Crippen LogP contribution in [0.15, 0.2) is 17.2 Å². The predicted molar refractivity (Wildman–Crippen MR) is 68.5 cm³/mol. The number of aliphatic hydroxyl groups is 1. The summed E-state index contributed by atoms with van der Waals surface area (Å²) in [4.78, 5) is 0. The number of nitrogens with one attached hydrogen (secondary N) is 1. The quantitative estimate of drug-likeness (QED) is 0.654. The number of hydrogen-bond acceptors (Lipinski definition) is 3. The fraction of sp³-hybridized carbons (Fsp3) is 0.125. The zero-order valence-corrected chi connectivity index (χ0v) is 11.1. The first-order valence-electron chi connectivity index (χ1n) is 3.78. The lowest BCUT2D eigenvalue weighted by atomic mass is 10.3. The molecule has 0 aliphatic rings. The van der Waals surface area contributed by atoms with E-state index in [1.807, 2.05) is 0 Å². The van der Waals surface area contributed by atoms with Crippen molar-refractivity contribution in [3.63, 3.8) is 0 Å². The van der Waals surface area contributed by atoms with Crippen molar-refractivity contribution in [3.05, 3.63) is 27.2 Å². The van der Waals surface area contributed by atoms with E-state index in [-0.39, 0.29) is 6.61 Å². The largest absolute Gasteiger partial charge is 0.389 e. The molecule has 0 atom stereocenters. The number of aliphatic hydroxyl groups excluding tert-OH is 1. The summed E-state index contributed by atoms with van der Waals surface area (Å²) in [6, 6.07) is 3.08. The van der Waals surface area contributed by atoms with E-state index in [1.165, 1.54) is 0 Å². The topological polar surface area (TPSA) is 44.6 Å². The van der Waals surface area contributed by atoms with E-state index in [1.54, 1.807) is 12.1 Å². The number of hydrogen-bond donors (Lipinski definition) is 2. The molecule has 0 unspecified atom stereocenters. The zero-order valence-electron chi connectivity index (χ0n) is 7.27. The van der Waals surface area contributed by atoms with Crippen molar-refractivity contribution in [1.29, 1.82) is 0 Å². The number of benzene rings is 1. The molecule has 0 radical (unpaired) electrons. The first-order valence-corrected chi connectivity index (χ1v) is 5.70. The Kier molecular flexibility index (Phi) is 5.15. The highest BCUT2D eigenvalue weighted by molar-refractivity contribution is 9.18. The highest BCUT2D eigenvalue weighted by atomic mass is 79.9. The number of rotatable bonds is 3. The van der Waals surface area contributed by atoms with Crippen LogP contribution in [-0.4, -0.2) is 16.3 Å². The molecule has 1 rings (SSSR count). The van der Waals surface area contributed by atoms with Gasteiger partial charge in [0.2, 0.25) is 0 Å². The van der Waals surface area contributed by atoms with E-state index in [0.29, 0.717) is 25.4 Å². The summed E-state index contributed by atoms with van der Waals surface area (Å²) in [5, 5.41) is 13.6. The van der Waals surface area contributed by atoms with Crippen LogP contribution in [0.4, 0.5) is 5.69 Å². The van der Waals surface area contributed by atoms with Crippen LogP contribution in [0.3, 0.4) is 0 Å². The van der Waals surface area contributed by atoms with Crippen molar-refractivity contribution in [2.45, 2.75) is 0 Å². The van der Waals surface area contributed by atoms with E-state index in [9.17, 15) is 0 Å². The molecule has 7 heteroatoms. The standard InChI is InChI=1S/C8H6BrCl3N2O/c9-7(3-15)13-14-8-5(11)1-4(10)2-6(8)12/h1-2,14-15H,3H2/b13-7+. The van der Waals surface area contributed by atoms with Gasteiger partial charge in [-0.2, -0.15) is 5.10 Å². The number of halogens is 4. The lowest BCUT2D eigenvalue weighted by Gasteiger charge is -2.06. The second kappa shape index (κ2) is 5.92. The van der Waals surface area contributed by atoms with Crippen LogP contribution in [0.5, 0.6) is 0 Å². The van der Waals surface area contributed by atoms with Gasteiger partial charge in [0.25, 0.3) is 0 Å². The third-order valence-electron chi connectivity index (χ3n) is 1.43. The molecule has 0 saturated heterocycles. The van der Waals surface area contributed by atoms with Crippen LogP contribution in [0.2, 0.25) is 15.1 Å². The summed E-state index contributed by atoms with van der Waals surface area (Å²) in [6.07, 6.45) is 0. The highest BCUT2D eigenvalue weighted by Gasteiger charge is 2.06. The van der Waals surface area contributed by atoms with Gasteiger partial charge in [-0.3, -0.25) is 5.43 Å². The van der Waals surface area contributed by atoms with Gasteiger partial charge in [0, 0.05) is 5.02 Å². The summed E-state index contributed by atoms with van der Waals surface area (Å²) in [5.74, 6) is 0. The first kappa shape index (κ1) is 13.1. The molecule has 0 heterocycles. The lowest BCUT2D eigenvalue weighted by Crippen LogP contribution is -1.99. The SMILES string of the molecule is OC/C(Br)=N\Nc1c(Cl)cc(Cl)cc1Cl. The molecule has 0 saturated carbocycles. The maximum absolute atomic E-state index is 8.69. The van der Waals surface area contributed by atoms with Crippen LogP contribution in [0, 0.1) is 0 Å². The smallest absolute Gasteiger partial charge is 0.129 e. The van der Waals surface area contributed by atoms with Gasteiger partial charge in [0.15, 0.2) is 0 Å². The van der Waals surface area contributed by atoms with E-state index >= 15 is 0 Å². The Hall–Kier alpha value is -0.000000000000000167. The van der Waals surface area contributed by atoms with Gasteiger partial charge in [-0.25, -0.2) is 0 Å². The fourth-order valence-corrected chi connectivity index (χ4v) is 1.79. The van der Waals surface area contributed by atoms with Crippen LogP contribution in [0.1, 0.15) is 0 Å². The Morgan fingerprint density at radius 1 is 1.33 bits per heavy atom. The Morgan fingerprint density at radius 2 is 1.87 bits per heavy atom. The molecule has 2 N–H and O–H groups in total. The van der Waals surface area contributed by atoms with Gasteiger partial charge in [-0.15, -0.1) is 0 Å². The maximum atomic E-state index is 8.69. The molecular weight excluding hydrogens is 326 g/mol. The first-order chi connectivity index (χ1) is 7.04. The second-order valence-electron chi connectivity index (χ2n) is 2.50. The molecule has 3 nitrogen and oxygen atoms in total. The van der Waals surface area contributed by atoms with E-state index in [2.05, 4.69) is 26.5 Å². The molecule has 82 valence electrons. The Morgan fingerprint density at radius 3 is 2.33 bits per heavy atom. The summed E-state index contributed by atoms with van der Waals surface area (Å²) < 4.78 is 0.338. The van der Waals surface area contributed by atoms with E-state index in [4.69, 9.17) is 39.9 Å². The molecule has 0 spiro atoms. The molecule has 15 heavy (non-hydrogen) atoms. The minimum absolute atomic E-state index is 0.212. The monoisotopic (exact) mass is 330 g/mol. The molecule has 1 aromatic rings. The van der Waals surface area contributed by atoms with Gasteiger partial charge in [-0.1, -0.05) is 34.8 Å². The summed E-state index contributed by atoms with van der Waals surface area (Å²) in [6.45, 7) is -0.212. The second-order valence-corrected chi connectivity index (χ2v) is 4.67. The molecule has 0 aliphatic heterocycles. The highest BCUT2D eigenvalue weighted by Crippen LogP contribution is 2.33. The molecule has 0 amide bonds. The lowest BCUT2D eigenvalue weighted by molar-refractivity contribution is 0.360. The zero-order chi connectivity index (χ0) is 11.4. The van der Waals surface area contributed by atoms with Crippen LogP contribution >= 0.6 is 50.7 Å². The average Bonchev–Trinajstić information content (AvgIpc) is 2.15. The number of nitrogens with zero attached hydrogens (tertiary/aromatic N) is 1. The Balaban J connectivity index is 2.95. The van der Waals surface area contributed by atoms with Crippen molar-refractivity contribution >= 4 is 61.0 Å². The molecule has 0 aliphatic carbocycles. The van der Waals surface area contributed by atoms with Gasteiger partial charge >= 0.3 is 0 Å². The predicted octanol–water partition coefficient (Wildman–Crippen LogP) is 3.76. The average molecular weight is 332 g/mol. The minimum Gasteiger partial charge on any atom is -0.389 e. The summed E-state index contributed by atoms with van der Waals surface area (Å²) in [7, 11) is 0. The normalized spacial score (nSPS) is 11.7. The fourth-order valence-electron chi connectivity index (χ4n) is 0.801. The third-order valence-corrected chi connectivity index (χ3v) is 2.67. The number of anilines is 1. The molecular formula is C8H6BrCl3N2O. The van der Waals surface area contributed by atoms with Gasteiger partial charge < -0.3 is 5.11 Å². The Labute approximate surface area is 110 Å². The van der Waals surface area contributed by atoms with Crippen molar-refractivity contribution < 1.29 is 5.11 Å². The van der Waals surface area contributed by atoms with Crippen LogP contribution in [0.25, 0.3) is 0 Å².